The van der Waals surface area contributed by atoms with Crippen LogP contribution in [0.3, 0.4) is 0 Å². The fourth-order valence-corrected chi connectivity index (χ4v) is 3.40. The van der Waals surface area contributed by atoms with Gasteiger partial charge in [-0.25, -0.2) is 9.59 Å². The molecule has 192 valence electrons. The van der Waals surface area contributed by atoms with Crippen LogP contribution < -0.4 is 0 Å². The van der Waals surface area contributed by atoms with Crippen LogP contribution in [-0.2, 0) is 38.0 Å². The molecule has 4 aliphatic heterocycles. The normalized spacial score (nSPS) is 25.3. The third-order valence-electron chi connectivity index (χ3n) is 5.83. The Morgan fingerprint density at radius 1 is 0.647 bits per heavy atom. The van der Waals surface area contributed by atoms with Crippen LogP contribution in [-0.4, -0.2) is 99.4 Å². The average Bonchev–Trinajstić information content (AvgIpc) is 3.65. The Kier molecular flexibility index (Phi) is 10.5. The summed E-state index contributed by atoms with van der Waals surface area (Å²) in [5.41, 5.74) is 3.24. The van der Waals surface area contributed by atoms with Crippen LogP contribution in [0.15, 0.2) is 22.3 Å². The molecule has 0 aromatic carbocycles. The molecule has 4 heterocycles. The van der Waals surface area contributed by atoms with Crippen molar-refractivity contribution in [1.82, 2.24) is 0 Å². The van der Waals surface area contributed by atoms with Gasteiger partial charge in [-0.2, -0.15) is 0 Å². The van der Waals surface area contributed by atoms with Gasteiger partial charge >= 0.3 is 11.9 Å². The molecule has 0 aromatic rings. The Balaban J connectivity index is 0.000000751. The van der Waals surface area contributed by atoms with Gasteiger partial charge in [0.1, 0.15) is 13.2 Å². The zero-order chi connectivity index (χ0) is 24.5. The van der Waals surface area contributed by atoms with Gasteiger partial charge in [-0.1, -0.05) is 11.1 Å². The first-order valence-corrected chi connectivity index (χ1v) is 11.8. The van der Waals surface area contributed by atoms with Crippen LogP contribution in [0, 0.1) is 0 Å². The highest BCUT2D eigenvalue weighted by atomic mass is 16.6. The molecule has 34 heavy (non-hydrogen) atoms. The maximum absolute atomic E-state index is 12.4. The highest BCUT2D eigenvalue weighted by molar-refractivity contribution is 5.89. The zero-order valence-electron chi connectivity index (χ0n) is 20.0. The van der Waals surface area contributed by atoms with Crippen molar-refractivity contribution in [3.63, 3.8) is 0 Å². The van der Waals surface area contributed by atoms with Crippen LogP contribution in [0.5, 0.6) is 0 Å². The molecule has 0 aliphatic carbocycles. The van der Waals surface area contributed by atoms with Gasteiger partial charge in [0, 0.05) is 11.1 Å². The van der Waals surface area contributed by atoms with Crippen molar-refractivity contribution >= 4 is 11.9 Å². The molecule has 0 radical (unpaired) electrons. The van der Waals surface area contributed by atoms with Gasteiger partial charge in [-0.05, 0) is 39.5 Å². The summed E-state index contributed by atoms with van der Waals surface area (Å²) in [6.45, 7) is 6.29. The van der Waals surface area contributed by atoms with Crippen molar-refractivity contribution in [3.8, 4) is 0 Å². The molecular weight excluding hydrogens is 448 g/mol. The van der Waals surface area contributed by atoms with Crippen molar-refractivity contribution < 1.29 is 48.2 Å². The SMILES string of the molecule is CC(C(=O)OCCOC(=O)C(C)=C(CC1CO1)CC1CO1)=C(CC1CO1)CC1CO1.OCCO. The highest BCUT2D eigenvalue weighted by Gasteiger charge is 2.32. The van der Waals surface area contributed by atoms with Crippen molar-refractivity contribution in [2.45, 2.75) is 63.9 Å². The van der Waals surface area contributed by atoms with Gasteiger partial charge in [0.25, 0.3) is 0 Å². The van der Waals surface area contributed by atoms with E-state index in [1.54, 1.807) is 13.8 Å². The molecule has 0 aromatic heterocycles. The lowest BCUT2D eigenvalue weighted by Gasteiger charge is -2.12. The van der Waals surface area contributed by atoms with E-state index in [1.165, 1.54) is 0 Å². The van der Waals surface area contributed by atoms with Crippen LogP contribution >= 0.6 is 0 Å². The van der Waals surface area contributed by atoms with E-state index in [9.17, 15) is 9.59 Å². The van der Waals surface area contributed by atoms with E-state index in [4.69, 9.17) is 38.6 Å². The molecule has 2 N–H and O–H groups in total. The predicted molar refractivity (Wildman–Crippen MR) is 119 cm³/mol. The van der Waals surface area contributed by atoms with E-state index in [0.29, 0.717) is 11.1 Å². The second-order valence-electron chi connectivity index (χ2n) is 8.81. The summed E-state index contributed by atoms with van der Waals surface area (Å²) in [6.07, 6.45) is 3.75. The van der Waals surface area contributed by atoms with Crippen molar-refractivity contribution in [2.75, 3.05) is 52.9 Å². The monoisotopic (exact) mass is 484 g/mol. The molecule has 0 bridgehead atoms. The first-order chi connectivity index (χ1) is 16.4. The summed E-state index contributed by atoms with van der Waals surface area (Å²) in [5.74, 6) is -0.765. The summed E-state index contributed by atoms with van der Waals surface area (Å²) >= 11 is 0. The molecule has 0 saturated carbocycles. The topological polar surface area (TPSA) is 143 Å². The predicted octanol–water partition coefficient (Wildman–Crippen LogP) is 0.832. The van der Waals surface area contributed by atoms with E-state index in [1.807, 2.05) is 0 Å². The average molecular weight is 485 g/mol. The number of esters is 2. The molecule has 10 heteroatoms. The van der Waals surface area contributed by atoms with E-state index in [2.05, 4.69) is 0 Å². The van der Waals surface area contributed by atoms with Crippen LogP contribution in [0.1, 0.15) is 39.5 Å². The molecule has 0 spiro atoms. The van der Waals surface area contributed by atoms with Gasteiger partial charge in [0.15, 0.2) is 0 Å². The summed E-state index contributed by atoms with van der Waals surface area (Å²) in [4.78, 5) is 24.8. The first kappa shape index (κ1) is 26.8. The molecule has 10 nitrogen and oxygen atoms in total. The lowest BCUT2D eigenvalue weighted by atomic mass is 9.99. The van der Waals surface area contributed by atoms with Gasteiger partial charge in [-0.15, -0.1) is 0 Å². The van der Waals surface area contributed by atoms with E-state index >= 15 is 0 Å². The van der Waals surface area contributed by atoms with E-state index < -0.39 is 0 Å². The zero-order valence-corrected chi connectivity index (χ0v) is 20.0. The Morgan fingerprint density at radius 2 is 0.912 bits per heavy atom. The second kappa shape index (κ2) is 13.3. The largest absolute Gasteiger partial charge is 0.459 e. The molecule has 4 atom stereocenters. The smallest absolute Gasteiger partial charge is 0.333 e. The first-order valence-electron chi connectivity index (χ1n) is 11.8. The minimum absolute atomic E-state index is 0.0230. The number of aliphatic hydroxyl groups is 2. The number of hydrogen-bond acceptors (Lipinski definition) is 10. The van der Waals surface area contributed by atoms with Gasteiger partial charge < -0.3 is 38.6 Å². The van der Waals surface area contributed by atoms with Crippen LogP contribution in [0.25, 0.3) is 0 Å². The second-order valence-corrected chi connectivity index (χ2v) is 8.81. The standard InChI is InChI=1S/C22H30O8.C2H6O2/c1-13(15(5-17-9-27-17)6-18-10-28-18)21(23)25-3-4-26-22(24)14(2)16(7-19-11-29-19)8-20-12-30-20;3-1-2-4/h17-20H,3-12H2,1-2H3;3-4H,1-2H2. The molecule has 4 aliphatic rings. The number of aliphatic hydroxyl groups excluding tert-OH is 2. The summed E-state index contributed by atoms with van der Waals surface area (Å²) < 4.78 is 31.8. The van der Waals surface area contributed by atoms with Gasteiger partial charge in [-0.3, -0.25) is 0 Å². The van der Waals surface area contributed by atoms with Gasteiger partial charge in [0.2, 0.25) is 0 Å². The highest BCUT2D eigenvalue weighted by Crippen LogP contribution is 2.30. The Morgan fingerprint density at radius 3 is 1.12 bits per heavy atom. The molecule has 4 unspecified atom stereocenters. The number of rotatable bonds is 14. The lowest BCUT2D eigenvalue weighted by Crippen LogP contribution is -2.17. The summed E-state index contributed by atoms with van der Waals surface area (Å²) in [7, 11) is 0. The molecule has 4 fully saturated rings. The number of hydrogen-bond donors (Lipinski definition) is 2. The minimum atomic E-state index is -0.382. The Bertz CT molecular complexity index is 662. The fourth-order valence-electron chi connectivity index (χ4n) is 3.40. The number of ether oxygens (including phenoxy) is 6. The molecule has 0 amide bonds. The third-order valence-corrected chi connectivity index (χ3v) is 5.83. The van der Waals surface area contributed by atoms with Gasteiger partial charge in [0.05, 0.1) is 64.1 Å². The maximum Gasteiger partial charge on any atom is 0.333 e. The molecule has 4 saturated heterocycles. The fraction of sp³-hybridized carbons (Fsp3) is 0.750. The number of carbonyl (C=O) groups is 2. The maximum atomic E-state index is 12.4. The number of epoxide rings is 4. The van der Waals surface area contributed by atoms with Crippen molar-refractivity contribution in [1.29, 1.82) is 0 Å². The summed E-state index contributed by atoms with van der Waals surface area (Å²) in [6, 6.07) is 0. The van der Waals surface area contributed by atoms with Crippen molar-refractivity contribution in [3.05, 3.63) is 22.3 Å². The molecular formula is C24H36O10. The van der Waals surface area contributed by atoms with Crippen LogP contribution in [0.2, 0.25) is 0 Å². The lowest BCUT2D eigenvalue weighted by molar-refractivity contribution is -0.147. The summed E-state index contributed by atoms with van der Waals surface area (Å²) in [5, 5.41) is 15.2. The Labute approximate surface area is 199 Å². The van der Waals surface area contributed by atoms with Crippen LogP contribution in [0.4, 0.5) is 0 Å². The van der Waals surface area contributed by atoms with E-state index in [-0.39, 0.29) is 62.8 Å². The molecule has 4 rings (SSSR count). The number of carbonyl (C=O) groups excluding carboxylic acids is 2. The Hall–Kier alpha value is -1.82. The van der Waals surface area contributed by atoms with Crippen molar-refractivity contribution in [2.24, 2.45) is 0 Å². The van der Waals surface area contributed by atoms with E-state index in [0.717, 1.165) is 63.3 Å². The minimum Gasteiger partial charge on any atom is -0.459 e. The third kappa shape index (κ3) is 10.2. The quantitative estimate of drug-likeness (QED) is 0.157.